The Kier molecular flexibility index (Phi) is 4.14. The molecule has 18 heavy (non-hydrogen) atoms. The maximum Gasteiger partial charge on any atom is -0.0227 e. The van der Waals surface area contributed by atoms with Crippen LogP contribution in [-0.4, -0.2) is 0 Å². The second kappa shape index (κ2) is 6.02. The van der Waals surface area contributed by atoms with Crippen molar-refractivity contribution in [3.05, 3.63) is 82.9 Å². The lowest BCUT2D eigenvalue weighted by molar-refractivity contribution is 1.44. The second-order valence-electron chi connectivity index (χ2n) is 4.49. The summed E-state index contributed by atoms with van der Waals surface area (Å²) in [4.78, 5) is 0. The van der Waals surface area contributed by atoms with E-state index in [1.807, 2.05) is 6.07 Å². The zero-order valence-corrected chi connectivity index (χ0v) is 10.9. The van der Waals surface area contributed by atoms with Crippen LogP contribution in [0.5, 0.6) is 0 Å². The largest absolute Gasteiger partial charge is 0.0622 e. The summed E-state index contributed by atoms with van der Waals surface area (Å²) in [6.45, 7) is 4.26. The molecule has 0 bridgehead atoms. The summed E-state index contributed by atoms with van der Waals surface area (Å²) >= 11 is 0. The molecule has 0 atom stereocenters. The summed E-state index contributed by atoms with van der Waals surface area (Å²) in [7, 11) is 0. The lowest BCUT2D eigenvalue weighted by Gasteiger charge is -1.99. The van der Waals surface area contributed by atoms with E-state index in [2.05, 4.69) is 80.6 Å². The highest BCUT2D eigenvalue weighted by Crippen LogP contribution is 2.12. The second-order valence-corrected chi connectivity index (χ2v) is 4.49. The van der Waals surface area contributed by atoms with Crippen LogP contribution in [-0.2, 0) is 0 Å². The van der Waals surface area contributed by atoms with Gasteiger partial charge in [0.1, 0.15) is 0 Å². The Morgan fingerprint density at radius 2 is 1.56 bits per heavy atom. The van der Waals surface area contributed by atoms with Crippen LogP contribution < -0.4 is 0 Å². The fourth-order valence-corrected chi connectivity index (χ4v) is 1.86. The molecule has 0 amide bonds. The van der Waals surface area contributed by atoms with Gasteiger partial charge in [-0.15, -0.1) is 0 Å². The lowest BCUT2D eigenvalue weighted by Crippen LogP contribution is -1.78. The first-order valence-corrected chi connectivity index (χ1v) is 6.23. The van der Waals surface area contributed by atoms with E-state index in [9.17, 15) is 0 Å². The summed E-state index contributed by atoms with van der Waals surface area (Å²) in [5.74, 6) is 0. The van der Waals surface area contributed by atoms with Gasteiger partial charge in [-0.05, 0) is 30.5 Å². The van der Waals surface area contributed by atoms with Crippen LogP contribution in [0, 0.1) is 6.92 Å². The van der Waals surface area contributed by atoms with E-state index in [-0.39, 0.29) is 0 Å². The van der Waals surface area contributed by atoms with Gasteiger partial charge in [-0.1, -0.05) is 78.4 Å². The van der Waals surface area contributed by atoms with Crippen molar-refractivity contribution < 1.29 is 0 Å². The van der Waals surface area contributed by atoms with Crippen LogP contribution in [0.4, 0.5) is 0 Å². The molecule has 0 saturated carbocycles. The molecule has 0 N–H and O–H groups in total. The third kappa shape index (κ3) is 3.46. The van der Waals surface area contributed by atoms with E-state index in [0.29, 0.717) is 0 Å². The van der Waals surface area contributed by atoms with Gasteiger partial charge in [0, 0.05) is 0 Å². The molecule has 0 heterocycles. The van der Waals surface area contributed by atoms with Crippen molar-refractivity contribution in [2.45, 2.75) is 13.8 Å². The molecule has 0 fully saturated rings. The summed E-state index contributed by atoms with van der Waals surface area (Å²) in [6, 6.07) is 18.8. The fraction of sp³-hybridized carbons (Fsp3) is 0.111. The predicted octanol–water partition coefficient (Wildman–Crippen LogP) is 5.11. The summed E-state index contributed by atoms with van der Waals surface area (Å²) < 4.78 is 0. The number of aryl methyl sites for hydroxylation is 1. The first-order chi connectivity index (χ1) is 8.75. The highest BCUT2D eigenvalue weighted by Gasteiger charge is 1.91. The Labute approximate surface area is 109 Å². The molecule has 2 aromatic rings. The van der Waals surface area contributed by atoms with Gasteiger partial charge in [-0.25, -0.2) is 0 Å². The van der Waals surface area contributed by atoms with E-state index in [0.717, 1.165) is 0 Å². The molecule has 2 rings (SSSR count). The molecule has 0 radical (unpaired) electrons. The molecule has 0 spiro atoms. The number of hydrogen-bond acceptors (Lipinski definition) is 0. The van der Waals surface area contributed by atoms with E-state index >= 15 is 0 Å². The highest BCUT2D eigenvalue weighted by atomic mass is 14.0. The van der Waals surface area contributed by atoms with Gasteiger partial charge >= 0.3 is 0 Å². The Balaban J connectivity index is 2.15. The van der Waals surface area contributed by atoms with Gasteiger partial charge in [-0.2, -0.15) is 0 Å². The summed E-state index contributed by atoms with van der Waals surface area (Å²) in [5, 5.41) is 0. The average molecular weight is 234 g/mol. The summed E-state index contributed by atoms with van der Waals surface area (Å²) in [6.07, 6.45) is 6.52. The SMILES string of the molecule is CC(=C/c1ccccc1)/C=C/c1ccccc1C. The van der Waals surface area contributed by atoms with Crippen molar-refractivity contribution >= 4 is 12.2 Å². The van der Waals surface area contributed by atoms with Crippen LogP contribution in [0.3, 0.4) is 0 Å². The third-order valence-electron chi connectivity index (χ3n) is 2.91. The average Bonchev–Trinajstić information content (AvgIpc) is 2.39. The maximum absolute atomic E-state index is 2.19. The molecular weight excluding hydrogens is 216 g/mol. The van der Waals surface area contributed by atoms with Gasteiger partial charge in [0.2, 0.25) is 0 Å². The first kappa shape index (κ1) is 12.4. The third-order valence-corrected chi connectivity index (χ3v) is 2.91. The topological polar surface area (TPSA) is 0 Å². The van der Waals surface area contributed by atoms with Crippen molar-refractivity contribution in [2.24, 2.45) is 0 Å². The minimum atomic E-state index is 1.24. The zero-order chi connectivity index (χ0) is 12.8. The minimum absolute atomic E-state index is 1.24. The van der Waals surface area contributed by atoms with Crippen LogP contribution in [0.1, 0.15) is 23.6 Å². The zero-order valence-electron chi connectivity index (χ0n) is 10.9. The molecule has 0 aliphatic carbocycles. The molecule has 90 valence electrons. The molecule has 0 aliphatic rings. The normalized spacial score (nSPS) is 12.0. The number of hydrogen-bond donors (Lipinski definition) is 0. The molecule has 0 unspecified atom stereocenters. The Morgan fingerprint density at radius 3 is 2.28 bits per heavy atom. The fourth-order valence-electron chi connectivity index (χ4n) is 1.86. The van der Waals surface area contributed by atoms with Crippen molar-refractivity contribution in [1.29, 1.82) is 0 Å². The maximum atomic E-state index is 2.19. The molecule has 2 aromatic carbocycles. The van der Waals surface area contributed by atoms with Crippen LogP contribution in [0.15, 0.2) is 66.2 Å². The molecular formula is C18H18. The Morgan fingerprint density at radius 1 is 0.889 bits per heavy atom. The first-order valence-electron chi connectivity index (χ1n) is 6.23. The lowest BCUT2D eigenvalue weighted by atomic mass is 10.1. The van der Waals surface area contributed by atoms with E-state index in [4.69, 9.17) is 0 Å². The standard InChI is InChI=1S/C18H18/c1-15(14-17-9-4-3-5-10-17)12-13-18-11-7-6-8-16(18)2/h3-14H,1-2H3/b13-12+,15-14-. The van der Waals surface area contributed by atoms with Crippen molar-refractivity contribution in [3.63, 3.8) is 0 Å². The number of benzene rings is 2. The molecule has 0 saturated heterocycles. The Bertz CT molecular complexity index is 560. The minimum Gasteiger partial charge on any atom is -0.0622 e. The van der Waals surface area contributed by atoms with Crippen molar-refractivity contribution in [1.82, 2.24) is 0 Å². The Hall–Kier alpha value is -2.08. The molecule has 0 aromatic heterocycles. The van der Waals surface area contributed by atoms with E-state index in [1.165, 1.54) is 22.3 Å². The van der Waals surface area contributed by atoms with Crippen molar-refractivity contribution in [2.75, 3.05) is 0 Å². The van der Waals surface area contributed by atoms with Gasteiger partial charge in [0.15, 0.2) is 0 Å². The quantitative estimate of drug-likeness (QED) is 0.647. The van der Waals surface area contributed by atoms with Crippen LogP contribution in [0.25, 0.3) is 12.2 Å². The molecule has 0 aliphatic heterocycles. The molecule has 0 nitrogen and oxygen atoms in total. The van der Waals surface area contributed by atoms with Crippen molar-refractivity contribution in [3.8, 4) is 0 Å². The predicted molar refractivity (Wildman–Crippen MR) is 80.3 cm³/mol. The molecule has 0 heteroatoms. The number of rotatable bonds is 3. The number of allylic oxidation sites excluding steroid dienone is 2. The van der Waals surface area contributed by atoms with E-state index < -0.39 is 0 Å². The van der Waals surface area contributed by atoms with Gasteiger partial charge < -0.3 is 0 Å². The summed E-state index contributed by atoms with van der Waals surface area (Å²) in [5.41, 5.74) is 5.08. The highest BCUT2D eigenvalue weighted by molar-refractivity contribution is 5.62. The van der Waals surface area contributed by atoms with E-state index in [1.54, 1.807) is 0 Å². The van der Waals surface area contributed by atoms with Crippen LogP contribution in [0.2, 0.25) is 0 Å². The van der Waals surface area contributed by atoms with Crippen LogP contribution >= 0.6 is 0 Å². The van der Waals surface area contributed by atoms with Gasteiger partial charge in [0.25, 0.3) is 0 Å². The monoisotopic (exact) mass is 234 g/mol. The smallest absolute Gasteiger partial charge is 0.0227 e. The van der Waals surface area contributed by atoms with Gasteiger partial charge in [-0.3, -0.25) is 0 Å². The van der Waals surface area contributed by atoms with Gasteiger partial charge in [0.05, 0.1) is 0 Å².